The third kappa shape index (κ3) is 5.03. The van der Waals surface area contributed by atoms with Crippen LogP contribution in [0, 0.1) is 6.92 Å². The highest BCUT2D eigenvalue weighted by atomic mass is 32.1. The normalized spacial score (nSPS) is 10.4. The van der Waals surface area contributed by atoms with Crippen molar-refractivity contribution in [1.29, 1.82) is 0 Å². The first-order valence-corrected chi connectivity index (χ1v) is 7.09. The van der Waals surface area contributed by atoms with Crippen LogP contribution in [0.5, 0.6) is 5.75 Å². The number of aromatic hydroxyl groups is 1. The zero-order valence-corrected chi connectivity index (χ0v) is 12.9. The van der Waals surface area contributed by atoms with Crippen LogP contribution in [-0.4, -0.2) is 16.1 Å². The molecule has 0 aliphatic rings. The van der Waals surface area contributed by atoms with E-state index in [-0.39, 0.29) is 16.8 Å². The summed E-state index contributed by atoms with van der Waals surface area (Å²) >= 11 is 5.04. The van der Waals surface area contributed by atoms with Crippen LogP contribution in [0.3, 0.4) is 0 Å². The van der Waals surface area contributed by atoms with Crippen LogP contribution < -0.4 is 10.6 Å². The predicted octanol–water partition coefficient (Wildman–Crippen LogP) is 3.23. The van der Waals surface area contributed by atoms with Gasteiger partial charge in [0.1, 0.15) is 5.75 Å². The van der Waals surface area contributed by atoms with Crippen molar-refractivity contribution in [2.75, 3.05) is 5.32 Å². The molecule has 0 aliphatic carbocycles. The first kappa shape index (κ1) is 15.7. The molecule has 0 heterocycles. The minimum atomic E-state index is -0.321. The number of aryl methyl sites for hydroxylation is 1. The molecule has 2 aromatic rings. The molecule has 0 saturated carbocycles. The second-order valence-electron chi connectivity index (χ2n) is 4.74. The maximum absolute atomic E-state index is 11.8. The van der Waals surface area contributed by atoms with Gasteiger partial charge in [0.15, 0.2) is 5.11 Å². The molecule has 3 N–H and O–H groups in total. The Morgan fingerprint density at radius 3 is 2.59 bits per heavy atom. The average molecular weight is 312 g/mol. The Bertz CT molecular complexity index is 709. The van der Waals surface area contributed by atoms with Gasteiger partial charge in [-0.1, -0.05) is 35.9 Å². The van der Waals surface area contributed by atoms with Crippen molar-refractivity contribution in [3.05, 3.63) is 65.7 Å². The number of nitrogens with one attached hydrogen (secondary N) is 2. The summed E-state index contributed by atoms with van der Waals surface area (Å²) in [6, 6.07) is 14.3. The summed E-state index contributed by atoms with van der Waals surface area (Å²) in [5, 5.41) is 14.9. The highest BCUT2D eigenvalue weighted by Gasteiger charge is 2.02. The van der Waals surface area contributed by atoms with Gasteiger partial charge in [-0.2, -0.15) is 0 Å². The Morgan fingerprint density at radius 2 is 1.91 bits per heavy atom. The molecule has 22 heavy (non-hydrogen) atoms. The lowest BCUT2D eigenvalue weighted by Gasteiger charge is -2.08. The van der Waals surface area contributed by atoms with E-state index in [0.717, 1.165) is 11.1 Å². The molecule has 0 saturated heterocycles. The molecule has 0 spiro atoms. The number of anilines is 1. The fraction of sp³-hybridized carbons (Fsp3) is 0.0588. The molecule has 4 nitrogen and oxygen atoms in total. The molecule has 2 rings (SSSR count). The lowest BCUT2D eigenvalue weighted by atomic mass is 10.1. The summed E-state index contributed by atoms with van der Waals surface area (Å²) < 4.78 is 0. The van der Waals surface area contributed by atoms with E-state index in [1.807, 2.05) is 31.2 Å². The van der Waals surface area contributed by atoms with Gasteiger partial charge in [-0.3, -0.25) is 10.1 Å². The summed E-state index contributed by atoms with van der Waals surface area (Å²) in [6.45, 7) is 2.01. The number of carbonyl (C=O) groups excluding carboxylic acids is 1. The van der Waals surface area contributed by atoms with Gasteiger partial charge in [0.2, 0.25) is 5.91 Å². The monoisotopic (exact) mass is 312 g/mol. The zero-order chi connectivity index (χ0) is 15.9. The van der Waals surface area contributed by atoms with Crippen LogP contribution >= 0.6 is 12.2 Å². The second-order valence-corrected chi connectivity index (χ2v) is 5.15. The zero-order valence-electron chi connectivity index (χ0n) is 12.0. The molecule has 0 aromatic heterocycles. The smallest absolute Gasteiger partial charge is 0.250 e. The number of rotatable bonds is 3. The molecule has 1 amide bonds. The van der Waals surface area contributed by atoms with Crippen LogP contribution in [-0.2, 0) is 4.79 Å². The van der Waals surface area contributed by atoms with Crippen molar-refractivity contribution in [2.24, 2.45) is 0 Å². The number of amides is 1. The van der Waals surface area contributed by atoms with Crippen LogP contribution in [0.2, 0.25) is 0 Å². The lowest BCUT2D eigenvalue weighted by Crippen LogP contribution is -2.32. The number of carbonyl (C=O) groups is 1. The Balaban J connectivity index is 1.88. The minimum Gasteiger partial charge on any atom is -0.508 e. The largest absolute Gasteiger partial charge is 0.508 e. The van der Waals surface area contributed by atoms with Gasteiger partial charge in [-0.05, 0) is 42.9 Å². The first-order valence-electron chi connectivity index (χ1n) is 6.69. The van der Waals surface area contributed by atoms with E-state index in [1.165, 1.54) is 12.1 Å². The molecule has 112 valence electrons. The molecular weight excluding hydrogens is 296 g/mol. The van der Waals surface area contributed by atoms with Crippen LogP contribution in [0.25, 0.3) is 6.08 Å². The van der Waals surface area contributed by atoms with E-state index in [9.17, 15) is 9.90 Å². The SMILES string of the molecule is Cc1ccc(/C=C/C(=O)NC(=S)Nc2cccc(O)c2)cc1. The number of hydrogen-bond donors (Lipinski definition) is 3. The molecule has 0 radical (unpaired) electrons. The maximum Gasteiger partial charge on any atom is 0.250 e. The standard InChI is InChI=1S/C17H16N2O2S/c1-12-5-7-13(8-6-12)9-10-16(21)19-17(22)18-14-3-2-4-15(20)11-14/h2-11,20H,1H3,(H2,18,19,21,22)/b10-9+. The van der Waals surface area contributed by atoms with E-state index in [0.29, 0.717) is 5.69 Å². The topological polar surface area (TPSA) is 61.4 Å². The highest BCUT2D eigenvalue weighted by molar-refractivity contribution is 7.80. The van der Waals surface area contributed by atoms with Crippen LogP contribution in [0.1, 0.15) is 11.1 Å². The van der Waals surface area contributed by atoms with Crippen molar-refractivity contribution < 1.29 is 9.90 Å². The quantitative estimate of drug-likeness (QED) is 0.601. The van der Waals surface area contributed by atoms with Gasteiger partial charge in [-0.25, -0.2) is 0 Å². The minimum absolute atomic E-state index is 0.124. The first-order chi connectivity index (χ1) is 10.5. The number of thiocarbonyl (C=S) groups is 1. The summed E-state index contributed by atoms with van der Waals surface area (Å²) in [5.74, 6) is -0.198. The van der Waals surface area contributed by atoms with Gasteiger partial charge in [0.25, 0.3) is 0 Å². The molecule has 5 heteroatoms. The van der Waals surface area contributed by atoms with Crippen molar-refractivity contribution in [3.8, 4) is 5.75 Å². The van der Waals surface area contributed by atoms with Crippen molar-refractivity contribution in [1.82, 2.24) is 5.32 Å². The van der Waals surface area contributed by atoms with Crippen molar-refractivity contribution in [2.45, 2.75) is 6.92 Å². The second kappa shape index (κ2) is 7.38. The van der Waals surface area contributed by atoms with E-state index in [4.69, 9.17) is 12.2 Å². The Labute approximate surface area is 134 Å². The molecule has 0 bridgehead atoms. The number of phenolic OH excluding ortho intramolecular Hbond substituents is 1. The maximum atomic E-state index is 11.8. The van der Waals surface area contributed by atoms with Crippen LogP contribution in [0.4, 0.5) is 5.69 Å². The molecule has 0 fully saturated rings. The number of phenols is 1. The molecule has 0 unspecified atom stereocenters. The Kier molecular flexibility index (Phi) is 5.27. The third-order valence-corrected chi connectivity index (χ3v) is 3.05. The average Bonchev–Trinajstić information content (AvgIpc) is 2.46. The highest BCUT2D eigenvalue weighted by Crippen LogP contribution is 2.15. The summed E-state index contributed by atoms with van der Waals surface area (Å²) in [4.78, 5) is 11.8. The molecule has 0 atom stereocenters. The van der Waals surface area contributed by atoms with E-state index in [2.05, 4.69) is 10.6 Å². The fourth-order valence-corrected chi connectivity index (χ4v) is 1.97. The molecular formula is C17H16N2O2S. The van der Waals surface area contributed by atoms with Gasteiger partial charge >= 0.3 is 0 Å². The van der Waals surface area contributed by atoms with Gasteiger partial charge in [-0.15, -0.1) is 0 Å². The Morgan fingerprint density at radius 1 is 1.18 bits per heavy atom. The third-order valence-electron chi connectivity index (χ3n) is 2.85. The van der Waals surface area contributed by atoms with E-state index < -0.39 is 0 Å². The van der Waals surface area contributed by atoms with Crippen molar-refractivity contribution in [3.63, 3.8) is 0 Å². The fourth-order valence-electron chi connectivity index (χ4n) is 1.75. The van der Waals surface area contributed by atoms with Gasteiger partial charge in [0, 0.05) is 17.8 Å². The van der Waals surface area contributed by atoms with Gasteiger partial charge < -0.3 is 10.4 Å². The van der Waals surface area contributed by atoms with E-state index >= 15 is 0 Å². The van der Waals surface area contributed by atoms with Crippen LogP contribution in [0.15, 0.2) is 54.6 Å². The molecule has 2 aromatic carbocycles. The van der Waals surface area contributed by atoms with E-state index in [1.54, 1.807) is 24.3 Å². The number of benzene rings is 2. The predicted molar refractivity (Wildman–Crippen MR) is 92.7 cm³/mol. The summed E-state index contributed by atoms with van der Waals surface area (Å²) in [6.07, 6.45) is 3.13. The summed E-state index contributed by atoms with van der Waals surface area (Å²) in [5.41, 5.74) is 2.71. The lowest BCUT2D eigenvalue weighted by molar-refractivity contribution is -0.115. The van der Waals surface area contributed by atoms with Crippen molar-refractivity contribution >= 4 is 35.0 Å². The summed E-state index contributed by atoms with van der Waals surface area (Å²) in [7, 11) is 0. The number of hydrogen-bond acceptors (Lipinski definition) is 3. The van der Waals surface area contributed by atoms with Gasteiger partial charge in [0.05, 0.1) is 0 Å². The molecule has 0 aliphatic heterocycles. The Hall–Kier alpha value is -2.66.